The molecule has 0 aliphatic heterocycles. The van der Waals surface area contributed by atoms with Crippen LogP contribution in [0.25, 0.3) is 0 Å². The largest absolute Gasteiger partial charge is 0.493 e. The van der Waals surface area contributed by atoms with Gasteiger partial charge >= 0.3 is 0 Å². The number of rotatable bonds is 7. The third-order valence-electron chi connectivity index (χ3n) is 4.01. The van der Waals surface area contributed by atoms with E-state index in [0.717, 1.165) is 11.1 Å². The van der Waals surface area contributed by atoms with Crippen LogP contribution in [0.5, 0.6) is 11.5 Å². The second-order valence-electron chi connectivity index (χ2n) is 5.79. The number of nitrogens with zero attached hydrogens (tertiary/aromatic N) is 4. The molecule has 0 spiro atoms. The van der Waals surface area contributed by atoms with Crippen LogP contribution >= 0.6 is 0 Å². The minimum Gasteiger partial charge on any atom is -0.493 e. The van der Waals surface area contributed by atoms with Gasteiger partial charge in [-0.15, -0.1) is 0 Å². The van der Waals surface area contributed by atoms with E-state index in [1.54, 1.807) is 45.0 Å². The lowest BCUT2D eigenvalue weighted by molar-refractivity contribution is 0.354. The van der Waals surface area contributed by atoms with E-state index in [4.69, 9.17) is 9.47 Å². The monoisotopic (exact) mass is 373 g/mol. The van der Waals surface area contributed by atoms with Crippen LogP contribution in [0.3, 0.4) is 0 Å². The van der Waals surface area contributed by atoms with Crippen LogP contribution in [0.4, 0.5) is 5.82 Å². The Balaban J connectivity index is 1.81. The SMILES string of the molecule is COc1ccc(C(C#N)c2cncc(NN=Cc3ccccc3)n2)cc1OC. The summed E-state index contributed by atoms with van der Waals surface area (Å²) in [4.78, 5) is 8.64. The Morgan fingerprint density at radius 2 is 1.86 bits per heavy atom. The number of nitriles is 1. The number of aromatic nitrogens is 2. The predicted octanol–water partition coefficient (Wildman–Crippen LogP) is 3.60. The summed E-state index contributed by atoms with van der Waals surface area (Å²) in [5, 5.41) is 13.9. The summed E-state index contributed by atoms with van der Waals surface area (Å²) in [7, 11) is 3.12. The van der Waals surface area contributed by atoms with Crippen molar-refractivity contribution >= 4 is 12.0 Å². The molecule has 0 saturated carbocycles. The molecule has 7 nitrogen and oxygen atoms in total. The first-order valence-electron chi connectivity index (χ1n) is 8.52. The number of hydrazone groups is 1. The molecule has 0 aliphatic rings. The molecule has 140 valence electrons. The molecule has 0 amide bonds. The van der Waals surface area contributed by atoms with Crippen molar-refractivity contribution in [2.24, 2.45) is 5.10 Å². The van der Waals surface area contributed by atoms with E-state index >= 15 is 0 Å². The topological polar surface area (TPSA) is 92.4 Å². The van der Waals surface area contributed by atoms with Crippen molar-refractivity contribution in [1.29, 1.82) is 5.26 Å². The van der Waals surface area contributed by atoms with Gasteiger partial charge in [0.15, 0.2) is 17.3 Å². The standard InChI is InChI=1S/C21H19N5O2/c1-27-19-9-8-16(10-20(19)28-2)17(11-22)18-13-23-14-21(25-18)26-24-12-15-6-4-3-5-7-15/h3-10,12-14,17H,1-2H3,(H,25,26). The quantitative estimate of drug-likeness (QED) is 0.502. The lowest BCUT2D eigenvalue weighted by atomic mass is 9.97. The number of anilines is 1. The Morgan fingerprint density at radius 3 is 2.57 bits per heavy atom. The van der Waals surface area contributed by atoms with Crippen molar-refractivity contribution < 1.29 is 9.47 Å². The van der Waals surface area contributed by atoms with Gasteiger partial charge in [-0.2, -0.15) is 10.4 Å². The van der Waals surface area contributed by atoms with Crippen molar-refractivity contribution in [2.75, 3.05) is 19.6 Å². The minimum absolute atomic E-state index is 0.449. The van der Waals surface area contributed by atoms with Crippen LogP contribution in [0.1, 0.15) is 22.7 Å². The number of ether oxygens (including phenoxy) is 2. The molecule has 28 heavy (non-hydrogen) atoms. The Kier molecular flexibility index (Phi) is 6.16. The normalized spacial score (nSPS) is 11.6. The van der Waals surface area contributed by atoms with E-state index in [1.807, 2.05) is 36.4 Å². The minimum atomic E-state index is -0.604. The van der Waals surface area contributed by atoms with Gasteiger partial charge in [0.05, 0.1) is 44.6 Å². The molecule has 1 unspecified atom stereocenters. The van der Waals surface area contributed by atoms with Crippen molar-refractivity contribution in [3.63, 3.8) is 0 Å². The molecule has 3 aromatic rings. The predicted molar refractivity (Wildman–Crippen MR) is 107 cm³/mol. The van der Waals surface area contributed by atoms with E-state index in [9.17, 15) is 5.26 Å². The smallest absolute Gasteiger partial charge is 0.165 e. The van der Waals surface area contributed by atoms with Crippen molar-refractivity contribution in [3.05, 3.63) is 77.7 Å². The average molecular weight is 373 g/mol. The molecular formula is C21H19N5O2. The maximum absolute atomic E-state index is 9.70. The Bertz CT molecular complexity index is 999. The molecule has 0 fully saturated rings. The Hall–Kier alpha value is -3.92. The van der Waals surface area contributed by atoms with Crippen molar-refractivity contribution in [1.82, 2.24) is 9.97 Å². The fourth-order valence-corrected chi connectivity index (χ4v) is 2.63. The highest BCUT2D eigenvalue weighted by Crippen LogP contribution is 2.32. The fraction of sp³-hybridized carbons (Fsp3) is 0.143. The number of hydrogen-bond acceptors (Lipinski definition) is 7. The summed E-state index contributed by atoms with van der Waals surface area (Å²) in [6.07, 6.45) is 4.80. The third kappa shape index (κ3) is 4.43. The second-order valence-corrected chi connectivity index (χ2v) is 5.79. The molecule has 0 radical (unpaired) electrons. The van der Waals surface area contributed by atoms with Crippen LogP contribution in [-0.2, 0) is 0 Å². The molecule has 7 heteroatoms. The van der Waals surface area contributed by atoms with Crippen LogP contribution in [-0.4, -0.2) is 30.4 Å². The maximum atomic E-state index is 9.70. The summed E-state index contributed by atoms with van der Waals surface area (Å²) in [5.41, 5.74) is 5.05. The lowest BCUT2D eigenvalue weighted by Crippen LogP contribution is -2.05. The number of methoxy groups -OCH3 is 2. The first-order valence-corrected chi connectivity index (χ1v) is 8.52. The van der Waals surface area contributed by atoms with E-state index in [1.165, 1.54) is 0 Å². The van der Waals surface area contributed by atoms with E-state index in [2.05, 4.69) is 26.6 Å². The highest BCUT2D eigenvalue weighted by atomic mass is 16.5. The van der Waals surface area contributed by atoms with E-state index < -0.39 is 5.92 Å². The lowest BCUT2D eigenvalue weighted by Gasteiger charge is -2.13. The van der Waals surface area contributed by atoms with E-state index in [0.29, 0.717) is 23.0 Å². The zero-order chi connectivity index (χ0) is 19.8. The first-order chi connectivity index (χ1) is 13.7. The zero-order valence-corrected chi connectivity index (χ0v) is 15.5. The fourth-order valence-electron chi connectivity index (χ4n) is 2.63. The van der Waals surface area contributed by atoms with Crippen LogP contribution in [0.15, 0.2) is 66.0 Å². The van der Waals surface area contributed by atoms with Gasteiger partial charge in [0.2, 0.25) is 0 Å². The van der Waals surface area contributed by atoms with Crippen LogP contribution < -0.4 is 14.9 Å². The highest BCUT2D eigenvalue weighted by Gasteiger charge is 2.18. The van der Waals surface area contributed by atoms with Gasteiger partial charge in [-0.1, -0.05) is 36.4 Å². The maximum Gasteiger partial charge on any atom is 0.165 e. The molecule has 1 aromatic heterocycles. The summed E-state index contributed by atoms with van der Waals surface area (Å²) >= 11 is 0. The molecular weight excluding hydrogens is 354 g/mol. The van der Waals surface area contributed by atoms with Crippen LogP contribution in [0.2, 0.25) is 0 Å². The first kappa shape index (κ1) is 18.9. The zero-order valence-electron chi connectivity index (χ0n) is 15.5. The third-order valence-corrected chi connectivity index (χ3v) is 4.01. The summed E-state index contributed by atoms with van der Waals surface area (Å²) in [6.45, 7) is 0. The molecule has 1 heterocycles. The Labute approximate surface area is 163 Å². The number of nitrogens with one attached hydrogen (secondary N) is 1. The summed E-state index contributed by atoms with van der Waals surface area (Å²) in [6, 6.07) is 17.3. The van der Waals surface area contributed by atoms with Gasteiger partial charge in [-0.3, -0.25) is 10.4 Å². The molecule has 1 atom stereocenters. The van der Waals surface area contributed by atoms with Gasteiger partial charge in [-0.25, -0.2) is 4.98 Å². The summed E-state index contributed by atoms with van der Waals surface area (Å²) < 4.78 is 10.6. The molecule has 1 N–H and O–H groups in total. The van der Waals surface area contributed by atoms with Crippen molar-refractivity contribution in [3.8, 4) is 17.6 Å². The van der Waals surface area contributed by atoms with Gasteiger partial charge in [0, 0.05) is 0 Å². The Morgan fingerprint density at radius 1 is 1.07 bits per heavy atom. The van der Waals surface area contributed by atoms with Gasteiger partial charge < -0.3 is 9.47 Å². The molecule has 0 saturated heterocycles. The van der Waals surface area contributed by atoms with Gasteiger partial charge in [0.1, 0.15) is 5.92 Å². The van der Waals surface area contributed by atoms with Crippen LogP contribution in [0, 0.1) is 11.3 Å². The summed E-state index contributed by atoms with van der Waals surface area (Å²) in [5.74, 6) is 0.993. The second kappa shape index (κ2) is 9.14. The van der Waals surface area contributed by atoms with E-state index in [-0.39, 0.29) is 0 Å². The highest BCUT2D eigenvalue weighted by molar-refractivity contribution is 5.79. The average Bonchev–Trinajstić information content (AvgIpc) is 2.75. The van der Waals surface area contributed by atoms with Gasteiger partial charge in [-0.05, 0) is 23.3 Å². The molecule has 3 rings (SSSR count). The molecule has 0 aliphatic carbocycles. The molecule has 2 aromatic carbocycles. The number of benzene rings is 2. The van der Waals surface area contributed by atoms with Gasteiger partial charge in [0.25, 0.3) is 0 Å². The molecule has 0 bridgehead atoms. The van der Waals surface area contributed by atoms with Crippen molar-refractivity contribution in [2.45, 2.75) is 5.92 Å². The number of hydrogen-bond donors (Lipinski definition) is 1.